The molecule has 0 aromatic heterocycles. The van der Waals surface area contributed by atoms with Crippen molar-refractivity contribution in [2.24, 2.45) is 0 Å². The Hall–Kier alpha value is -0.980. The van der Waals surface area contributed by atoms with Crippen LogP contribution in [0, 0.1) is 0 Å². The second-order valence-corrected chi connectivity index (χ2v) is 3.38. The van der Waals surface area contributed by atoms with Gasteiger partial charge in [-0.2, -0.15) is 13.2 Å². The van der Waals surface area contributed by atoms with E-state index in [4.69, 9.17) is 11.6 Å². The van der Waals surface area contributed by atoms with Gasteiger partial charge < -0.3 is 5.32 Å². The van der Waals surface area contributed by atoms with Crippen molar-refractivity contribution in [2.45, 2.75) is 24.9 Å². The maximum Gasteiger partial charge on any atom is 0.390 e. The third kappa shape index (κ3) is 8.04. The molecule has 0 aliphatic heterocycles. The average Bonchev–Trinajstić information content (AvgIpc) is 2.01. The zero-order valence-electron chi connectivity index (χ0n) is 7.82. The largest absolute Gasteiger partial charge is 0.390 e. The fourth-order valence-corrected chi connectivity index (χ4v) is 0.628. The van der Waals surface area contributed by atoms with Gasteiger partial charge in [0.05, 0.1) is 6.42 Å². The van der Waals surface area contributed by atoms with Gasteiger partial charge >= 0.3 is 12.2 Å². The van der Waals surface area contributed by atoms with Gasteiger partial charge in [0.25, 0.3) is 0 Å². The predicted octanol–water partition coefficient (Wildman–Crippen LogP) is 1.39. The lowest BCUT2D eigenvalue weighted by Gasteiger charge is -2.08. The molecule has 0 radical (unpaired) electrons. The number of nitrogens with one attached hydrogen (secondary N) is 2. The lowest BCUT2D eigenvalue weighted by Crippen LogP contribution is -2.43. The molecule has 0 saturated heterocycles. The van der Waals surface area contributed by atoms with Crippen LogP contribution in [-0.4, -0.2) is 30.0 Å². The molecule has 0 rings (SSSR count). The molecule has 8 heteroatoms. The van der Waals surface area contributed by atoms with Crippen molar-refractivity contribution in [3.8, 4) is 0 Å². The third-order valence-electron chi connectivity index (χ3n) is 1.29. The highest BCUT2D eigenvalue weighted by Gasteiger charge is 2.26. The number of rotatable bonds is 3. The Morgan fingerprint density at radius 3 is 2.33 bits per heavy atom. The highest BCUT2D eigenvalue weighted by Crippen LogP contribution is 2.17. The van der Waals surface area contributed by atoms with Gasteiger partial charge in [-0.1, -0.05) is 0 Å². The smallest absolute Gasteiger partial charge is 0.337 e. The van der Waals surface area contributed by atoms with Crippen LogP contribution < -0.4 is 10.6 Å². The summed E-state index contributed by atoms with van der Waals surface area (Å²) in [7, 11) is 0. The SMILES string of the molecule is CC(Cl)C(=O)NC(=O)NCCC(F)(F)F. The lowest BCUT2D eigenvalue weighted by atomic mass is 10.4. The van der Waals surface area contributed by atoms with E-state index in [0.29, 0.717) is 0 Å². The molecule has 1 atom stereocenters. The first-order chi connectivity index (χ1) is 6.72. The molecule has 0 aromatic rings. The number of carbonyl (C=O) groups excluding carboxylic acids is 2. The lowest BCUT2D eigenvalue weighted by molar-refractivity contribution is -0.132. The molecule has 15 heavy (non-hydrogen) atoms. The van der Waals surface area contributed by atoms with Gasteiger partial charge in [-0.15, -0.1) is 11.6 Å². The molecule has 1 unspecified atom stereocenters. The van der Waals surface area contributed by atoms with Crippen LogP contribution in [-0.2, 0) is 4.79 Å². The number of hydrogen-bond donors (Lipinski definition) is 2. The Morgan fingerprint density at radius 2 is 1.93 bits per heavy atom. The third-order valence-corrected chi connectivity index (χ3v) is 1.49. The minimum Gasteiger partial charge on any atom is -0.337 e. The molecule has 0 aliphatic rings. The molecule has 0 fully saturated rings. The summed E-state index contributed by atoms with van der Waals surface area (Å²) in [5.74, 6) is -0.763. The Bertz CT molecular complexity index is 243. The standard InChI is InChI=1S/C7H10ClF3N2O2/c1-4(8)5(14)13-6(15)12-3-2-7(9,10)11/h4H,2-3H2,1H3,(H2,12,13,14,15). The van der Waals surface area contributed by atoms with Crippen molar-refractivity contribution in [2.75, 3.05) is 6.54 Å². The number of carbonyl (C=O) groups is 2. The molecule has 0 bridgehead atoms. The maximum atomic E-state index is 11.6. The fourth-order valence-electron chi connectivity index (χ4n) is 0.573. The van der Waals surface area contributed by atoms with E-state index in [-0.39, 0.29) is 0 Å². The van der Waals surface area contributed by atoms with E-state index in [1.54, 1.807) is 5.32 Å². The van der Waals surface area contributed by atoms with Crippen LogP contribution in [0.4, 0.5) is 18.0 Å². The molecular weight excluding hydrogens is 237 g/mol. The van der Waals surface area contributed by atoms with Gasteiger partial charge in [-0.3, -0.25) is 10.1 Å². The number of amides is 3. The van der Waals surface area contributed by atoms with E-state index in [1.165, 1.54) is 6.92 Å². The van der Waals surface area contributed by atoms with Gasteiger partial charge in [-0.05, 0) is 6.92 Å². The summed E-state index contributed by atoms with van der Waals surface area (Å²) in [6.45, 7) is 0.749. The second kappa shape index (κ2) is 5.79. The van der Waals surface area contributed by atoms with Gasteiger partial charge in [0.1, 0.15) is 5.38 Å². The first-order valence-corrected chi connectivity index (χ1v) is 4.45. The molecule has 0 heterocycles. The first-order valence-electron chi connectivity index (χ1n) is 4.02. The summed E-state index contributed by atoms with van der Waals surface area (Å²) in [5, 5.41) is 2.73. The molecule has 2 N–H and O–H groups in total. The van der Waals surface area contributed by atoms with Crippen LogP contribution in [0.3, 0.4) is 0 Å². The summed E-state index contributed by atoms with van der Waals surface area (Å²) in [6.07, 6.45) is -5.48. The summed E-state index contributed by atoms with van der Waals surface area (Å²) in [4.78, 5) is 21.6. The van der Waals surface area contributed by atoms with E-state index >= 15 is 0 Å². The van der Waals surface area contributed by atoms with Gasteiger partial charge in [0.2, 0.25) is 5.91 Å². The predicted molar refractivity (Wildman–Crippen MR) is 47.5 cm³/mol. The summed E-state index contributed by atoms with van der Waals surface area (Å²) >= 11 is 5.31. The van der Waals surface area contributed by atoms with Crippen molar-refractivity contribution in [3.05, 3.63) is 0 Å². The van der Waals surface area contributed by atoms with Gasteiger partial charge in [0, 0.05) is 6.54 Å². The number of hydrogen-bond acceptors (Lipinski definition) is 2. The monoisotopic (exact) mass is 246 g/mol. The van der Waals surface area contributed by atoms with Crippen LogP contribution in [0.25, 0.3) is 0 Å². The zero-order valence-corrected chi connectivity index (χ0v) is 8.58. The molecule has 4 nitrogen and oxygen atoms in total. The van der Waals surface area contributed by atoms with Crippen LogP contribution in [0.15, 0.2) is 0 Å². The van der Waals surface area contributed by atoms with Crippen LogP contribution >= 0.6 is 11.6 Å². The Kier molecular flexibility index (Phi) is 5.41. The molecule has 0 aromatic carbocycles. The molecule has 88 valence electrons. The molecule has 0 saturated carbocycles. The normalized spacial score (nSPS) is 13.1. The van der Waals surface area contributed by atoms with Gasteiger partial charge in [0.15, 0.2) is 0 Å². The van der Waals surface area contributed by atoms with Crippen molar-refractivity contribution in [3.63, 3.8) is 0 Å². The zero-order chi connectivity index (χ0) is 12.1. The minimum atomic E-state index is -4.34. The molecule has 0 aliphatic carbocycles. The topological polar surface area (TPSA) is 58.2 Å². The van der Waals surface area contributed by atoms with Crippen LogP contribution in [0.2, 0.25) is 0 Å². The highest BCUT2D eigenvalue weighted by atomic mass is 35.5. The number of halogens is 4. The van der Waals surface area contributed by atoms with E-state index < -0.39 is 36.5 Å². The number of alkyl halides is 4. The Labute approximate surface area is 89.2 Å². The van der Waals surface area contributed by atoms with E-state index in [2.05, 4.69) is 0 Å². The molecular formula is C7H10ClF3N2O2. The van der Waals surface area contributed by atoms with Crippen molar-refractivity contribution in [1.82, 2.24) is 10.6 Å². The first kappa shape index (κ1) is 14.0. The number of urea groups is 1. The number of imide groups is 1. The van der Waals surface area contributed by atoms with E-state index in [1.807, 2.05) is 5.32 Å². The van der Waals surface area contributed by atoms with E-state index in [9.17, 15) is 22.8 Å². The van der Waals surface area contributed by atoms with Crippen molar-refractivity contribution >= 4 is 23.5 Å². The summed E-state index contributed by atoms with van der Waals surface area (Å²) < 4.78 is 34.9. The van der Waals surface area contributed by atoms with Gasteiger partial charge in [-0.25, -0.2) is 4.79 Å². The highest BCUT2D eigenvalue weighted by molar-refractivity contribution is 6.31. The quantitative estimate of drug-likeness (QED) is 0.740. The van der Waals surface area contributed by atoms with Crippen molar-refractivity contribution < 1.29 is 22.8 Å². The summed E-state index contributed by atoms with van der Waals surface area (Å²) in [5.41, 5.74) is 0. The molecule has 0 spiro atoms. The Balaban J connectivity index is 3.72. The fraction of sp³-hybridized carbons (Fsp3) is 0.714. The van der Waals surface area contributed by atoms with Crippen LogP contribution in [0.1, 0.15) is 13.3 Å². The average molecular weight is 247 g/mol. The van der Waals surface area contributed by atoms with E-state index in [0.717, 1.165) is 0 Å². The second-order valence-electron chi connectivity index (χ2n) is 2.73. The van der Waals surface area contributed by atoms with Crippen molar-refractivity contribution in [1.29, 1.82) is 0 Å². The Morgan fingerprint density at radius 1 is 1.40 bits per heavy atom. The minimum absolute atomic E-state index is 0.584. The maximum absolute atomic E-state index is 11.6. The van der Waals surface area contributed by atoms with Crippen LogP contribution in [0.5, 0.6) is 0 Å². The summed E-state index contributed by atoms with van der Waals surface area (Å²) in [6, 6.07) is -0.989. The molecule has 3 amide bonds.